The molecule has 2 heterocycles. The van der Waals surface area contributed by atoms with Gasteiger partial charge in [0.2, 0.25) is 0 Å². The quantitative estimate of drug-likeness (QED) is 0.377. The second kappa shape index (κ2) is 12.2. The number of ether oxygens (including phenoxy) is 1. The van der Waals surface area contributed by atoms with E-state index in [1.54, 1.807) is 6.20 Å². The topological polar surface area (TPSA) is 61.8 Å². The lowest BCUT2D eigenvalue weighted by molar-refractivity contribution is 0.191. The number of piperidine rings is 1. The summed E-state index contributed by atoms with van der Waals surface area (Å²) < 4.78 is 5.79. The Kier molecular flexibility index (Phi) is 8.97. The second-order valence-electron chi connectivity index (χ2n) is 7.98. The molecule has 2 N–H and O–H groups in total. The lowest BCUT2D eigenvalue weighted by Crippen LogP contribution is -2.39. The summed E-state index contributed by atoms with van der Waals surface area (Å²) in [6.45, 7) is 8.15. The van der Waals surface area contributed by atoms with E-state index in [2.05, 4.69) is 44.6 Å². The predicted molar refractivity (Wildman–Crippen MR) is 123 cm³/mol. The highest BCUT2D eigenvalue weighted by Crippen LogP contribution is 2.16. The highest BCUT2D eigenvalue weighted by Gasteiger charge is 2.14. The smallest absolute Gasteiger partial charge is 0.191 e. The van der Waals surface area contributed by atoms with Crippen LogP contribution in [0.5, 0.6) is 5.75 Å². The Balaban J connectivity index is 1.32. The first-order valence-electron chi connectivity index (χ1n) is 11.0. The van der Waals surface area contributed by atoms with E-state index in [4.69, 9.17) is 4.74 Å². The molecule has 0 saturated carbocycles. The number of hydrogen-bond donors (Lipinski definition) is 2. The van der Waals surface area contributed by atoms with Crippen molar-refractivity contribution in [1.82, 2.24) is 20.5 Å². The van der Waals surface area contributed by atoms with Gasteiger partial charge in [0.15, 0.2) is 5.96 Å². The van der Waals surface area contributed by atoms with E-state index in [1.165, 1.54) is 31.5 Å². The summed E-state index contributed by atoms with van der Waals surface area (Å²) in [6.07, 6.45) is 5.59. The molecule has 0 atom stereocenters. The number of hydrogen-bond acceptors (Lipinski definition) is 4. The van der Waals surface area contributed by atoms with Crippen molar-refractivity contribution in [3.05, 3.63) is 59.9 Å². The van der Waals surface area contributed by atoms with Crippen LogP contribution in [0.2, 0.25) is 0 Å². The fourth-order valence-corrected chi connectivity index (χ4v) is 3.55. The Hall–Kier alpha value is -2.60. The number of aliphatic imine (C=N–C) groups is 1. The Morgan fingerprint density at radius 3 is 2.63 bits per heavy atom. The Bertz CT molecular complexity index is 755. The van der Waals surface area contributed by atoms with Gasteiger partial charge in [-0.3, -0.25) is 9.98 Å². The van der Waals surface area contributed by atoms with Crippen LogP contribution in [0.1, 0.15) is 37.4 Å². The monoisotopic (exact) mass is 409 g/mol. The molecule has 0 bridgehead atoms. The lowest BCUT2D eigenvalue weighted by Gasteiger charge is -2.30. The van der Waals surface area contributed by atoms with Crippen molar-refractivity contribution in [1.29, 1.82) is 0 Å². The van der Waals surface area contributed by atoms with Crippen LogP contribution in [-0.4, -0.2) is 49.1 Å². The van der Waals surface area contributed by atoms with Crippen molar-refractivity contribution in [2.45, 2.75) is 39.3 Å². The summed E-state index contributed by atoms with van der Waals surface area (Å²) in [6, 6.07) is 14.0. The Labute approximate surface area is 180 Å². The van der Waals surface area contributed by atoms with Gasteiger partial charge in [-0.15, -0.1) is 0 Å². The van der Waals surface area contributed by atoms with Crippen LogP contribution in [0.25, 0.3) is 0 Å². The number of nitrogens with one attached hydrogen (secondary N) is 2. The van der Waals surface area contributed by atoms with E-state index in [1.807, 2.05) is 37.4 Å². The summed E-state index contributed by atoms with van der Waals surface area (Å²) >= 11 is 0. The largest absolute Gasteiger partial charge is 0.487 e. The highest BCUT2D eigenvalue weighted by molar-refractivity contribution is 5.79. The Morgan fingerprint density at radius 2 is 1.93 bits per heavy atom. The standard InChI is InChI=1S/C24H35N5O/c1-20-11-16-29(17-12-20)15-5-14-27-24(25-2)28-18-21-7-9-23(10-8-21)30-19-22-6-3-4-13-26-22/h3-4,6-10,13,20H,5,11-12,14-19H2,1-2H3,(H2,25,27,28). The first-order valence-corrected chi connectivity index (χ1v) is 11.0. The minimum atomic E-state index is 0.478. The first-order chi connectivity index (χ1) is 14.7. The molecular formula is C24H35N5O. The lowest BCUT2D eigenvalue weighted by atomic mass is 9.99. The molecule has 0 spiro atoms. The van der Waals surface area contributed by atoms with E-state index in [9.17, 15) is 0 Å². The molecule has 1 aromatic heterocycles. The third-order valence-corrected chi connectivity index (χ3v) is 5.54. The molecule has 0 radical (unpaired) electrons. The first kappa shape index (κ1) is 22.1. The minimum absolute atomic E-state index is 0.478. The van der Waals surface area contributed by atoms with Crippen molar-refractivity contribution >= 4 is 5.96 Å². The third-order valence-electron chi connectivity index (χ3n) is 5.54. The maximum atomic E-state index is 5.79. The van der Waals surface area contributed by atoms with E-state index in [0.717, 1.165) is 49.4 Å². The van der Waals surface area contributed by atoms with Crippen LogP contribution in [0, 0.1) is 5.92 Å². The molecule has 162 valence electrons. The molecular weight excluding hydrogens is 374 g/mol. The molecule has 0 unspecified atom stereocenters. The van der Waals surface area contributed by atoms with Crippen LogP contribution in [0.15, 0.2) is 53.7 Å². The van der Waals surface area contributed by atoms with Crippen LogP contribution in [0.4, 0.5) is 0 Å². The van der Waals surface area contributed by atoms with Gasteiger partial charge >= 0.3 is 0 Å². The predicted octanol–water partition coefficient (Wildman–Crippen LogP) is 3.45. The minimum Gasteiger partial charge on any atom is -0.487 e. The number of nitrogens with zero attached hydrogens (tertiary/aromatic N) is 3. The fourth-order valence-electron chi connectivity index (χ4n) is 3.55. The summed E-state index contributed by atoms with van der Waals surface area (Å²) in [7, 11) is 1.82. The van der Waals surface area contributed by atoms with Gasteiger partial charge in [-0.05, 0) is 74.6 Å². The van der Waals surface area contributed by atoms with Crippen molar-refractivity contribution in [2.75, 3.05) is 33.2 Å². The van der Waals surface area contributed by atoms with Gasteiger partial charge in [-0.1, -0.05) is 25.1 Å². The van der Waals surface area contributed by atoms with Crippen molar-refractivity contribution in [3.63, 3.8) is 0 Å². The average molecular weight is 410 g/mol. The number of pyridine rings is 1. The van der Waals surface area contributed by atoms with Crippen LogP contribution in [0.3, 0.4) is 0 Å². The summed E-state index contributed by atoms with van der Waals surface area (Å²) in [5.41, 5.74) is 2.11. The number of guanidine groups is 1. The van der Waals surface area contributed by atoms with Gasteiger partial charge in [-0.25, -0.2) is 0 Å². The Morgan fingerprint density at radius 1 is 1.13 bits per heavy atom. The van der Waals surface area contributed by atoms with Gasteiger partial charge in [0.1, 0.15) is 12.4 Å². The van der Waals surface area contributed by atoms with Crippen molar-refractivity contribution < 1.29 is 4.74 Å². The van der Waals surface area contributed by atoms with E-state index in [-0.39, 0.29) is 0 Å². The molecule has 1 aliphatic rings. The fraction of sp³-hybridized carbons (Fsp3) is 0.500. The van der Waals surface area contributed by atoms with Gasteiger partial charge in [-0.2, -0.15) is 0 Å². The van der Waals surface area contributed by atoms with Gasteiger partial charge in [0, 0.05) is 26.3 Å². The van der Waals surface area contributed by atoms with Gasteiger partial charge in [0.05, 0.1) is 5.69 Å². The molecule has 3 rings (SSSR count). The molecule has 0 amide bonds. The van der Waals surface area contributed by atoms with Crippen LogP contribution >= 0.6 is 0 Å². The third kappa shape index (κ3) is 7.67. The maximum absolute atomic E-state index is 5.79. The molecule has 6 nitrogen and oxygen atoms in total. The maximum Gasteiger partial charge on any atom is 0.191 e. The molecule has 0 aliphatic carbocycles. The molecule has 2 aromatic rings. The molecule has 1 saturated heterocycles. The van der Waals surface area contributed by atoms with Gasteiger partial charge in [0.25, 0.3) is 0 Å². The van der Waals surface area contributed by atoms with Crippen LogP contribution in [-0.2, 0) is 13.2 Å². The molecule has 30 heavy (non-hydrogen) atoms. The number of likely N-dealkylation sites (tertiary alicyclic amines) is 1. The zero-order chi connectivity index (χ0) is 21.0. The van der Waals surface area contributed by atoms with E-state index >= 15 is 0 Å². The molecule has 6 heteroatoms. The normalized spacial score (nSPS) is 15.7. The summed E-state index contributed by atoms with van der Waals surface area (Å²) in [4.78, 5) is 11.2. The zero-order valence-corrected chi connectivity index (χ0v) is 18.3. The van der Waals surface area contributed by atoms with E-state index in [0.29, 0.717) is 6.61 Å². The molecule has 1 aliphatic heterocycles. The summed E-state index contributed by atoms with van der Waals surface area (Å²) in [5.74, 6) is 2.58. The van der Waals surface area contributed by atoms with Crippen LogP contribution < -0.4 is 15.4 Å². The highest BCUT2D eigenvalue weighted by atomic mass is 16.5. The number of benzene rings is 1. The van der Waals surface area contributed by atoms with Gasteiger partial charge < -0.3 is 20.3 Å². The summed E-state index contributed by atoms with van der Waals surface area (Å²) in [5, 5.41) is 6.80. The second-order valence-corrected chi connectivity index (χ2v) is 7.98. The zero-order valence-electron chi connectivity index (χ0n) is 18.3. The average Bonchev–Trinajstić information content (AvgIpc) is 2.80. The van der Waals surface area contributed by atoms with E-state index < -0.39 is 0 Å². The number of rotatable bonds is 9. The van der Waals surface area contributed by atoms with Crippen molar-refractivity contribution in [2.24, 2.45) is 10.9 Å². The molecule has 1 fully saturated rings. The SMILES string of the molecule is CN=C(NCCCN1CCC(C)CC1)NCc1ccc(OCc2ccccn2)cc1. The molecule has 1 aromatic carbocycles. The number of aromatic nitrogens is 1. The van der Waals surface area contributed by atoms with Crippen molar-refractivity contribution in [3.8, 4) is 5.75 Å².